The van der Waals surface area contributed by atoms with E-state index in [9.17, 15) is 14.0 Å². The number of nitrogens with zero attached hydrogens (tertiary/aromatic N) is 3. The van der Waals surface area contributed by atoms with Gasteiger partial charge < -0.3 is 9.63 Å². The van der Waals surface area contributed by atoms with Crippen LogP contribution in [0.5, 0.6) is 0 Å². The van der Waals surface area contributed by atoms with Crippen LogP contribution in [0.1, 0.15) is 6.42 Å². The number of carboxylic acids is 1. The highest BCUT2D eigenvalue weighted by atomic mass is 19.1. The van der Waals surface area contributed by atoms with Gasteiger partial charge >= 0.3 is 5.97 Å². The summed E-state index contributed by atoms with van der Waals surface area (Å²) >= 11 is 0. The predicted molar refractivity (Wildman–Crippen MR) is 73.7 cm³/mol. The standard InChI is InChI=1S/C14H10FN3O4/c15-9-3-1-8(2-4-9)12-11-13(22-17-12)16-7-18(14(11)21)6-5-10(19)20/h1-4,7H,5-6H2,(H,19,20). The van der Waals surface area contributed by atoms with Crippen LogP contribution in [-0.2, 0) is 11.3 Å². The summed E-state index contributed by atoms with van der Waals surface area (Å²) in [6.07, 6.45) is 1.01. The molecule has 0 radical (unpaired) electrons. The van der Waals surface area contributed by atoms with Gasteiger partial charge in [-0.15, -0.1) is 0 Å². The molecule has 0 bridgehead atoms. The zero-order valence-electron chi connectivity index (χ0n) is 11.2. The predicted octanol–water partition coefficient (Wildman–Crippen LogP) is 1.67. The highest BCUT2D eigenvalue weighted by molar-refractivity contribution is 5.88. The molecule has 0 fully saturated rings. The zero-order chi connectivity index (χ0) is 15.7. The summed E-state index contributed by atoms with van der Waals surface area (Å²) in [4.78, 5) is 27.0. The Balaban J connectivity index is 2.12. The molecule has 3 rings (SSSR count). The quantitative estimate of drug-likeness (QED) is 0.787. The minimum absolute atomic E-state index is 0.00879. The maximum absolute atomic E-state index is 13.0. The summed E-state index contributed by atoms with van der Waals surface area (Å²) in [5.74, 6) is -1.43. The molecule has 8 heteroatoms. The van der Waals surface area contributed by atoms with Gasteiger partial charge in [0.2, 0.25) is 0 Å². The van der Waals surface area contributed by atoms with E-state index < -0.39 is 17.3 Å². The summed E-state index contributed by atoms with van der Waals surface area (Å²) in [6.45, 7) is -0.00879. The number of rotatable bonds is 4. The molecule has 7 nitrogen and oxygen atoms in total. The Hall–Kier alpha value is -3.03. The first-order valence-corrected chi connectivity index (χ1v) is 6.39. The van der Waals surface area contributed by atoms with E-state index in [2.05, 4.69) is 10.1 Å². The first kappa shape index (κ1) is 13.9. The molecule has 0 atom stereocenters. The van der Waals surface area contributed by atoms with Crippen molar-refractivity contribution in [3.05, 3.63) is 46.8 Å². The van der Waals surface area contributed by atoms with Gasteiger partial charge in [0.15, 0.2) is 0 Å². The molecule has 2 aromatic heterocycles. The molecule has 0 spiro atoms. The van der Waals surface area contributed by atoms with Crippen molar-refractivity contribution in [3.63, 3.8) is 0 Å². The average Bonchev–Trinajstić information content (AvgIpc) is 2.92. The number of aromatic nitrogens is 3. The molecule has 1 N–H and O–H groups in total. The van der Waals surface area contributed by atoms with Crippen molar-refractivity contribution in [2.75, 3.05) is 0 Å². The van der Waals surface area contributed by atoms with Crippen LogP contribution in [0.3, 0.4) is 0 Å². The van der Waals surface area contributed by atoms with E-state index in [1.165, 1.54) is 35.2 Å². The summed E-state index contributed by atoms with van der Waals surface area (Å²) in [6, 6.07) is 5.44. The van der Waals surface area contributed by atoms with Gasteiger partial charge in [0.1, 0.15) is 23.2 Å². The molecule has 22 heavy (non-hydrogen) atoms. The van der Waals surface area contributed by atoms with Crippen molar-refractivity contribution in [3.8, 4) is 11.3 Å². The SMILES string of the molecule is O=C(O)CCn1cnc2onc(-c3ccc(F)cc3)c2c1=O. The van der Waals surface area contributed by atoms with Gasteiger partial charge in [-0.2, -0.15) is 0 Å². The molecule has 0 saturated heterocycles. The molecule has 0 aliphatic rings. The largest absolute Gasteiger partial charge is 0.481 e. The van der Waals surface area contributed by atoms with Crippen LogP contribution in [0.25, 0.3) is 22.4 Å². The third kappa shape index (κ3) is 2.46. The number of aryl methyl sites for hydroxylation is 1. The van der Waals surface area contributed by atoms with Crippen molar-refractivity contribution in [1.82, 2.24) is 14.7 Å². The number of hydrogen-bond donors (Lipinski definition) is 1. The van der Waals surface area contributed by atoms with Crippen molar-refractivity contribution >= 4 is 17.1 Å². The van der Waals surface area contributed by atoms with Gasteiger partial charge in [-0.3, -0.25) is 14.2 Å². The molecule has 112 valence electrons. The average molecular weight is 303 g/mol. The lowest BCUT2D eigenvalue weighted by Crippen LogP contribution is -2.21. The second kappa shape index (κ2) is 5.40. The Morgan fingerprint density at radius 2 is 2.05 bits per heavy atom. The monoisotopic (exact) mass is 303 g/mol. The topological polar surface area (TPSA) is 98.2 Å². The molecule has 3 aromatic rings. The van der Waals surface area contributed by atoms with Crippen molar-refractivity contribution < 1.29 is 18.8 Å². The first-order chi connectivity index (χ1) is 10.6. The van der Waals surface area contributed by atoms with Crippen molar-refractivity contribution in [2.45, 2.75) is 13.0 Å². The van der Waals surface area contributed by atoms with Gasteiger partial charge in [-0.05, 0) is 24.3 Å². The molecule has 2 heterocycles. The number of carboxylic acid groups (broad SMARTS) is 1. The van der Waals surface area contributed by atoms with Gasteiger partial charge in [0.05, 0.1) is 6.42 Å². The fourth-order valence-electron chi connectivity index (χ4n) is 2.06. The molecular weight excluding hydrogens is 293 g/mol. The first-order valence-electron chi connectivity index (χ1n) is 6.39. The van der Waals surface area contributed by atoms with E-state index in [1.54, 1.807) is 0 Å². The smallest absolute Gasteiger partial charge is 0.305 e. The van der Waals surface area contributed by atoms with E-state index in [4.69, 9.17) is 9.63 Å². The molecular formula is C14H10FN3O4. The molecule has 0 saturated carbocycles. The van der Waals surface area contributed by atoms with E-state index in [1.807, 2.05) is 0 Å². The van der Waals surface area contributed by atoms with Crippen LogP contribution in [-0.4, -0.2) is 25.8 Å². The summed E-state index contributed by atoms with van der Waals surface area (Å²) < 4.78 is 19.2. The maximum atomic E-state index is 13.0. The lowest BCUT2D eigenvalue weighted by atomic mass is 10.1. The molecule has 0 unspecified atom stereocenters. The highest BCUT2D eigenvalue weighted by Gasteiger charge is 2.17. The third-order valence-electron chi connectivity index (χ3n) is 3.15. The fourth-order valence-corrected chi connectivity index (χ4v) is 2.06. The second-order valence-electron chi connectivity index (χ2n) is 4.61. The van der Waals surface area contributed by atoms with Crippen LogP contribution >= 0.6 is 0 Å². The Kier molecular flexibility index (Phi) is 3.42. The molecule has 1 aromatic carbocycles. The van der Waals surface area contributed by atoms with Crippen LogP contribution < -0.4 is 5.56 Å². The normalized spacial score (nSPS) is 11.0. The van der Waals surface area contributed by atoms with Gasteiger partial charge in [-0.25, -0.2) is 9.37 Å². The van der Waals surface area contributed by atoms with Crippen molar-refractivity contribution in [1.29, 1.82) is 0 Å². The maximum Gasteiger partial charge on any atom is 0.305 e. The number of hydrogen-bond acceptors (Lipinski definition) is 5. The lowest BCUT2D eigenvalue weighted by Gasteiger charge is -2.02. The Morgan fingerprint density at radius 1 is 1.32 bits per heavy atom. The van der Waals surface area contributed by atoms with Gasteiger partial charge in [0, 0.05) is 12.1 Å². The minimum Gasteiger partial charge on any atom is -0.481 e. The van der Waals surface area contributed by atoms with E-state index >= 15 is 0 Å². The number of halogens is 1. The Bertz CT molecular complexity index is 899. The van der Waals surface area contributed by atoms with E-state index in [0.717, 1.165) is 0 Å². The molecule has 0 aliphatic heterocycles. The molecule has 0 amide bonds. The zero-order valence-corrected chi connectivity index (χ0v) is 11.2. The van der Waals surface area contributed by atoms with Gasteiger partial charge in [0.25, 0.3) is 11.3 Å². The van der Waals surface area contributed by atoms with Crippen LogP contribution in [0, 0.1) is 5.82 Å². The number of aliphatic carboxylic acids is 1. The number of carbonyl (C=O) groups is 1. The lowest BCUT2D eigenvalue weighted by molar-refractivity contribution is -0.137. The summed E-state index contributed by atoms with van der Waals surface area (Å²) in [7, 11) is 0. The third-order valence-corrected chi connectivity index (χ3v) is 3.15. The second-order valence-corrected chi connectivity index (χ2v) is 4.61. The van der Waals surface area contributed by atoms with Gasteiger partial charge in [-0.1, -0.05) is 5.16 Å². The Labute approximate surface area is 122 Å². The van der Waals surface area contributed by atoms with Crippen LogP contribution in [0.15, 0.2) is 39.9 Å². The highest BCUT2D eigenvalue weighted by Crippen LogP contribution is 2.24. The number of fused-ring (bicyclic) bond motifs is 1. The van der Waals surface area contributed by atoms with Crippen LogP contribution in [0.4, 0.5) is 4.39 Å². The minimum atomic E-state index is -1.02. The molecule has 0 aliphatic carbocycles. The van der Waals surface area contributed by atoms with E-state index in [0.29, 0.717) is 5.56 Å². The van der Waals surface area contributed by atoms with Crippen molar-refractivity contribution in [2.24, 2.45) is 0 Å². The van der Waals surface area contributed by atoms with Crippen LogP contribution in [0.2, 0.25) is 0 Å². The Morgan fingerprint density at radius 3 is 2.73 bits per heavy atom. The summed E-state index contributed by atoms with van der Waals surface area (Å²) in [5.41, 5.74) is 0.356. The number of benzene rings is 1. The fraction of sp³-hybridized carbons (Fsp3) is 0.143. The summed E-state index contributed by atoms with van der Waals surface area (Å²) in [5, 5.41) is 12.6. The van der Waals surface area contributed by atoms with E-state index in [-0.39, 0.29) is 29.8 Å².